The average molecular weight is 290 g/mol. The van der Waals surface area contributed by atoms with Crippen LogP contribution in [0.3, 0.4) is 0 Å². The summed E-state index contributed by atoms with van der Waals surface area (Å²) in [6.07, 6.45) is 0.268. The molecule has 0 aliphatic heterocycles. The lowest BCUT2D eigenvalue weighted by Gasteiger charge is -2.19. The Morgan fingerprint density at radius 3 is 2.81 bits per heavy atom. The van der Waals surface area contributed by atoms with E-state index in [0.29, 0.717) is 0 Å². The van der Waals surface area contributed by atoms with Crippen molar-refractivity contribution in [3.8, 4) is 5.75 Å². The molecule has 0 saturated carbocycles. The molecule has 6 nitrogen and oxygen atoms in total. The minimum Gasteiger partial charge on any atom is -0.507 e. The van der Waals surface area contributed by atoms with Gasteiger partial charge in [-0.15, -0.1) is 0 Å². The van der Waals surface area contributed by atoms with E-state index in [4.69, 9.17) is 4.42 Å². The Balaban J connectivity index is 2.39. The number of hydrogen-bond donors (Lipinski definition) is 2. The van der Waals surface area contributed by atoms with E-state index in [9.17, 15) is 19.8 Å². The van der Waals surface area contributed by atoms with E-state index in [1.165, 1.54) is 6.07 Å². The Morgan fingerprint density at radius 2 is 2.14 bits per heavy atom. The molecule has 0 fully saturated rings. The second-order valence-corrected chi connectivity index (χ2v) is 5.24. The lowest BCUT2D eigenvalue weighted by Crippen LogP contribution is -2.38. The van der Waals surface area contributed by atoms with Gasteiger partial charge in [0.1, 0.15) is 22.5 Å². The second kappa shape index (κ2) is 4.33. The molecular weight excluding hydrogens is 276 g/mol. The molecule has 1 heterocycles. The number of hydrogen-bond acceptors (Lipinski definition) is 6. The van der Waals surface area contributed by atoms with Crippen LogP contribution in [0.4, 0.5) is 0 Å². The first-order chi connectivity index (χ1) is 9.88. The highest BCUT2D eigenvalue weighted by Gasteiger charge is 2.48. The summed E-state index contributed by atoms with van der Waals surface area (Å²) < 4.78 is 10.2. The van der Waals surface area contributed by atoms with Crippen molar-refractivity contribution in [2.45, 2.75) is 25.4 Å². The van der Waals surface area contributed by atoms with Gasteiger partial charge >= 0.3 is 5.97 Å². The van der Waals surface area contributed by atoms with Crippen molar-refractivity contribution in [2.24, 2.45) is 0 Å². The number of phenols is 1. The normalized spacial score (nSPS) is 20.5. The third-order valence-electron chi connectivity index (χ3n) is 3.84. The maximum atomic E-state index is 12.6. The number of aromatic hydroxyl groups is 1. The fraction of sp³-hybridized carbons (Fsp3) is 0.333. The third kappa shape index (κ3) is 1.76. The Kier molecular flexibility index (Phi) is 2.81. The topological polar surface area (TPSA) is 97.0 Å². The predicted molar refractivity (Wildman–Crippen MR) is 73.1 cm³/mol. The molecule has 1 aliphatic carbocycles. The number of phenolic OH excluding ortho intramolecular Hbond substituents is 1. The van der Waals surface area contributed by atoms with Crippen molar-refractivity contribution in [1.82, 2.24) is 0 Å². The molecule has 2 N–H and O–H groups in total. The van der Waals surface area contributed by atoms with E-state index in [1.807, 2.05) is 0 Å². The van der Waals surface area contributed by atoms with Gasteiger partial charge in [0.25, 0.3) is 0 Å². The molecule has 0 bridgehead atoms. The number of rotatable bonds is 1. The highest BCUT2D eigenvalue weighted by Crippen LogP contribution is 2.38. The molecule has 21 heavy (non-hydrogen) atoms. The van der Waals surface area contributed by atoms with Crippen molar-refractivity contribution in [1.29, 1.82) is 0 Å². The van der Waals surface area contributed by atoms with Crippen LogP contribution in [0, 0.1) is 6.92 Å². The Labute approximate surface area is 119 Å². The van der Waals surface area contributed by atoms with E-state index in [0.717, 1.165) is 12.7 Å². The zero-order chi connectivity index (χ0) is 15.4. The number of aliphatic hydroxyl groups is 1. The molecule has 1 aliphatic rings. The van der Waals surface area contributed by atoms with Crippen LogP contribution in [0.2, 0.25) is 0 Å². The van der Waals surface area contributed by atoms with E-state index in [-0.39, 0.29) is 40.9 Å². The van der Waals surface area contributed by atoms with Crippen molar-refractivity contribution in [3.63, 3.8) is 0 Å². The van der Waals surface area contributed by atoms with Crippen LogP contribution < -0.4 is 5.43 Å². The molecule has 1 aromatic heterocycles. The van der Waals surface area contributed by atoms with Crippen molar-refractivity contribution >= 4 is 16.9 Å². The van der Waals surface area contributed by atoms with Crippen molar-refractivity contribution in [2.75, 3.05) is 7.11 Å². The third-order valence-corrected chi connectivity index (χ3v) is 3.84. The Morgan fingerprint density at radius 1 is 1.43 bits per heavy atom. The SMILES string of the molecule is COC(=O)C1(O)CCc2oc3cc(C)cc(O)c3c(=O)c21. The summed E-state index contributed by atoms with van der Waals surface area (Å²) in [5.74, 6) is -0.884. The van der Waals surface area contributed by atoms with Gasteiger partial charge in [-0.3, -0.25) is 4.79 Å². The molecule has 0 saturated heterocycles. The number of benzene rings is 1. The number of methoxy groups -OCH3 is 1. The Hall–Kier alpha value is -2.34. The van der Waals surface area contributed by atoms with Crippen LogP contribution in [-0.2, 0) is 21.6 Å². The molecule has 6 heteroatoms. The predicted octanol–water partition coefficient (Wildman–Crippen LogP) is 1.11. The smallest absolute Gasteiger partial charge is 0.342 e. The molecule has 0 spiro atoms. The number of fused-ring (bicyclic) bond motifs is 2. The van der Waals surface area contributed by atoms with Crippen molar-refractivity contribution in [3.05, 3.63) is 39.2 Å². The monoisotopic (exact) mass is 290 g/mol. The van der Waals surface area contributed by atoms with Crippen LogP contribution in [0.5, 0.6) is 5.75 Å². The fourth-order valence-corrected chi connectivity index (χ4v) is 2.87. The van der Waals surface area contributed by atoms with Gasteiger partial charge in [-0.1, -0.05) is 0 Å². The maximum Gasteiger partial charge on any atom is 0.342 e. The molecule has 0 radical (unpaired) electrons. The first-order valence-electron chi connectivity index (χ1n) is 6.49. The lowest BCUT2D eigenvalue weighted by molar-refractivity contribution is -0.163. The molecule has 1 unspecified atom stereocenters. The van der Waals surface area contributed by atoms with Gasteiger partial charge in [0.15, 0.2) is 5.60 Å². The highest BCUT2D eigenvalue weighted by molar-refractivity contribution is 5.88. The fourth-order valence-electron chi connectivity index (χ4n) is 2.87. The van der Waals surface area contributed by atoms with Crippen LogP contribution >= 0.6 is 0 Å². The van der Waals surface area contributed by atoms with Gasteiger partial charge in [-0.2, -0.15) is 0 Å². The first kappa shape index (κ1) is 13.6. The van der Waals surface area contributed by atoms with Gasteiger partial charge in [0.2, 0.25) is 5.43 Å². The zero-order valence-corrected chi connectivity index (χ0v) is 11.6. The lowest BCUT2D eigenvalue weighted by atomic mass is 9.95. The Bertz CT molecular complexity index is 819. The van der Waals surface area contributed by atoms with Crippen LogP contribution in [-0.4, -0.2) is 23.3 Å². The first-order valence-corrected chi connectivity index (χ1v) is 6.49. The molecule has 0 amide bonds. The maximum absolute atomic E-state index is 12.6. The summed E-state index contributed by atoms with van der Waals surface area (Å²) in [5.41, 5.74) is -1.78. The molecular formula is C15H14O6. The number of ether oxygens (including phenoxy) is 1. The number of carbonyl (C=O) groups is 1. The van der Waals surface area contributed by atoms with E-state index >= 15 is 0 Å². The quantitative estimate of drug-likeness (QED) is 0.764. The molecule has 110 valence electrons. The summed E-state index contributed by atoms with van der Waals surface area (Å²) >= 11 is 0. The highest BCUT2D eigenvalue weighted by atomic mass is 16.5. The average Bonchev–Trinajstić information content (AvgIpc) is 2.76. The van der Waals surface area contributed by atoms with Gasteiger partial charge in [0.05, 0.1) is 12.7 Å². The van der Waals surface area contributed by atoms with E-state index < -0.39 is 17.0 Å². The van der Waals surface area contributed by atoms with Gasteiger partial charge < -0.3 is 19.4 Å². The van der Waals surface area contributed by atoms with E-state index in [2.05, 4.69) is 4.74 Å². The van der Waals surface area contributed by atoms with Gasteiger partial charge in [-0.25, -0.2) is 4.79 Å². The largest absolute Gasteiger partial charge is 0.507 e. The minimum atomic E-state index is -2.02. The van der Waals surface area contributed by atoms with Gasteiger partial charge in [-0.05, 0) is 31.0 Å². The summed E-state index contributed by atoms with van der Waals surface area (Å²) in [5, 5.41) is 20.4. The molecule has 2 aromatic rings. The van der Waals surface area contributed by atoms with Crippen LogP contribution in [0.25, 0.3) is 11.0 Å². The molecule has 1 aromatic carbocycles. The summed E-state index contributed by atoms with van der Waals surface area (Å²) in [6, 6.07) is 3.06. The molecule has 3 rings (SSSR count). The number of esters is 1. The van der Waals surface area contributed by atoms with Crippen LogP contribution in [0.1, 0.15) is 23.3 Å². The van der Waals surface area contributed by atoms with Crippen molar-refractivity contribution < 1.29 is 24.2 Å². The zero-order valence-electron chi connectivity index (χ0n) is 11.6. The van der Waals surface area contributed by atoms with E-state index in [1.54, 1.807) is 13.0 Å². The summed E-state index contributed by atoms with van der Waals surface area (Å²) in [6.45, 7) is 1.76. The summed E-state index contributed by atoms with van der Waals surface area (Å²) in [4.78, 5) is 24.4. The summed E-state index contributed by atoms with van der Waals surface area (Å²) in [7, 11) is 1.14. The number of aryl methyl sites for hydroxylation is 2. The number of carbonyl (C=O) groups excluding carboxylic acids is 1. The standard InChI is InChI=1S/C15H14O6/c1-7-5-8(16)11-10(6-7)21-9-3-4-15(19,14(18)20-2)12(9)13(11)17/h5-6,16,19H,3-4H2,1-2H3. The molecule has 1 atom stereocenters. The van der Waals surface area contributed by atoms with Crippen LogP contribution in [0.15, 0.2) is 21.3 Å². The second-order valence-electron chi connectivity index (χ2n) is 5.24. The minimum absolute atomic E-state index is 0.0177. The van der Waals surface area contributed by atoms with Gasteiger partial charge in [0, 0.05) is 6.42 Å².